The number of fused-ring (bicyclic) bond motifs is 1. The van der Waals surface area contributed by atoms with Gasteiger partial charge in [0.25, 0.3) is 0 Å². The first kappa shape index (κ1) is 22.0. The van der Waals surface area contributed by atoms with Gasteiger partial charge in [-0.1, -0.05) is 30.4 Å². The number of benzene rings is 4. The van der Waals surface area contributed by atoms with E-state index in [0.29, 0.717) is 28.0 Å². The molecule has 0 saturated heterocycles. The number of hydrogen-bond donors (Lipinski definition) is 6. The maximum absolute atomic E-state index is 10.4. The lowest BCUT2D eigenvalue weighted by Gasteiger charge is -2.21. The van der Waals surface area contributed by atoms with Crippen LogP contribution in [0.25, 0.3) is 12.2 Å². The van der Waals surface area contributed by atoms with Crippen molar-refractivity contribution in [3.63, 3.8) is 0 Å². The molecule has 0 amide bonds. The van der Waals surface area contributed by atoms with E-state index in [0.717, 1.165) is 5.56 Å². The molecule has 0 saturated carbocycles. The summed E-state index contributed by atoms with van der Waals surface area (Å²) in [6, 6.07) is 18.4. The fourth-order valence-corrected chi connectivity index (χ4v) is 4.45. The smallest absolute Gasteiger partial charge is 0.157 e. The Labute approximate surface area is 200 Å². The predicted molar refractivity (Wildman–Crippen MR) is 130 cm³/mol. The molecule has 7 heteroatoms. The maximum Gasteiger partial charge on any atom is 0.157 e. The Morgan fingerprint density at radius 3 is 1.94 bits per heavy atom. The predicted octanol–water partition coefficient (Wildman–Crippen LogP) is 5.36. The Hall–Kier alpha value is -4.78. The van der Waals surface area contributed by atoms with Gasteiger partial charge in [0.05, 0.1) is 5.92 Å². The van der Waals surface area contributed by atoms with E-state index in [2.05, 4.69) is 0 Å². The second-order valence-corrected chi connectivity index (χ2v) is 8.42. The molecule has 6 N–H and O–H groups in total. The third-order valence-corrected chi connectivity index (χ3v) is 5.99. The fraction of sp³-hybridized carbons (Fsp3) is 0.0714. The van der Waals surface area contributed by atoms with Crippen molar-refractivity contribution in [1.29, 1.82) is 0 Å². The zero-order chi connectivity index (χ0) is 24.7. The highest BCUT2D eigenvalue weighted by atomic mass is 16.5. The Morgan fingerprint density at radius 2 is 1.26 bits per heavy atom. The van der Waals surface area contributed by atoms with Crippen LogP contribution >= 0.6 is 0 Å². The van der Waals surface area contributed by atoms with Crippen molar-refractivity contribution in [1.82, 2.24) is 0 Å². The average molecular weight is 470 g/mol. The van der Waals surface area contributed by atoms with E-state index in [1.54, 1.807) is 42.5 Å². The van der Waals surface area contributed by atoms with Crippen molar-refractivity contribution in [2.45, 2.75) is 12.0 Å². The molecule has 7 nitrogen and oxygen atoms in total. The van der Waals surface area contributed by atoms with Gasteiger partial charge in [-0.15, -0.1) is 0 Å². The van der Waals surface area contributed by atoms with E-state index in [9.17, 15) is 30.6 Å². The molecule has 1 aliphatic heterocycles. The van der Waals surface area contributed by atoms with Gasteiger partial charge in [-0.05, 0) is 64.7 Å². The normalized spacial score (nSPS) is 16.8. The SMILES string of the molecule is Oc1ccc(C=Cc2cc(O)cc3c2[C@H](c2cc(O)cc(O)c2)[C@@H](c2ccc(O)c(O)c2)O3)cc1. The first-order valence-corrected chi connectivity index (χ1v) is 10.8. The highest BCUT2D eigenvalue weighted by Crippen LogP contribution is 2.53. The minimum Gasteiger partial charge on any atom is -0.508 e. The number of rotatable bonds is 4. The van der Waals surface area contributed by atoms with Crippen LogP contribution < -0.4 is 4.74 Å². The molecule has 5 rings (SSSR count). The van der Waals surface area contributed by atoms with Gasteiger partial charge in [0, 0.05) is 17.7 Å². The van der Waals surface area contributed by atoms with Crippen LogP contribution in [0.3, 0.4) is 0 Å². The summed E-state index contributed by atoms with van der Waals surface area (Å²) >= 11 is 0. The third kappa shape index (κ3) is 4.27. The highest BCUT2D eigenvalue weighted by molar-refractivity contribution is 5.75. The number of aromatic hydroxyl groups is 6. The van der Waals surface area contributed by atoms with Gasteiger partial charge in [-0.25, -0.2) is 0 Å². The molecule has 1 aliphatic rings. The van der Waals surface area contributed by atoms with Crippen molar-refractivity contribution in [2.24, 2.45) is 0 Å². The van der Waals surface area contributed by atoms with Crippen LogP contribution in [0.15, 0.2) is 72.8 Å². The van der Waals surface area contributed by atoms with Gasteiger partial charge in [-0.3, -0.25) is 0 Å². The van der Waals surface area contributed by atoms with Crippen LogP contribution in [0.1, 0.15) is 39.8 Å². The van der Waals surface area contributed by atoms with Gasteiger partial charge >= 0.3 is 0 Å². The molecule has 0 spiro atoms. The second kappa shape index (κ2) is 8.53. The Balaban J connectivity index is 1.68. The molecule has 35 heavy (non-hydrogen) atoms. The number of phenols is 6. The van der Waals surface area contributed by atoms with Crippen LogP contribution in [0.2, 0.25) is 0 Å². The van der Waals surface area contributed by atoms with Gasteiger partial charge < -0.3 is 35.4 Å². The molecule has 0 unspecified atom stereocenters. The Morgan fingerprint density at radius 1 is 0.571 bits per heavy atom. The van der Waals surface area contributed by atoms with Crippen molar-refractivity contribution in [2.75, 3.05) is 0 Å². The van der Waals surface area contributed by atoms with Gasteiger partial charge in [-0.2, -0.15) is 0 Å². The largest absolute Gasteiger partial charge is 0.508 e. The first-order chi connectivity index (χ1) is 16.8. The van der Waals surface area contributed by atoms with Crippen LogP contribution in [0.4, 0.5) is 0 Å². The molecule has 0 radical (unpaired) electrons. The van der Waals surface area contributed by atoms with Crippen molar-refractivity contribution >= 4 is 12.2 Å². The quantitative estimate of drug-likeness (QED) is 0.175. The average Bonchev–Trinajstić information content (AvgIpc) is 3.19. The van der Waals surface area contributed by atoms with Gasteiger partial charge in [0.15, 0.2) is 11.5 Å². The molecule has 4 aromatic carbocycles. The minimum atomic E-state index is -0.694. The lowest BCUT2D eigenvalue weighted by atomic mass is 9.82. The van der Waals surface area contributed by atoms with Gasteiger partial charge in [0.2, 0.25) is 0 Å². The molecule has 176 valence electrons. The standard InChI is InChI=1S/C28H22O7/c29-19-6-2-15(3-7-19)1-4-16-9-22(32)14-25-26(16)27(18-10-20(30)13-21(31)11-18)28(35-25)17-5-8-23(33)24(34)12-17/h1-14,27-34H/t27-,28+/m0/s1. The summed E-state index contributed by atoms with van der Waals surface area (Å²) in [5, 5.41) is 60.2. The summed E-state index contributed by atoms with van der Waals surface area (Å²) in [5.41, 5.74) is 3.29. The van der Waals surface area contributed by atoms with E-state index in [1.165, 1.54) is 36.4 Å². The molecule has 4 aromatic rings. The van der Waals surface area contributed by atoms with Gasteiger partial charge in [0.1, 0.15) is 34.9 Å². The number of hydrogen-bond acceptors (Lipinski definition) is 7. The van der Waals surface area contributed by atoms with E-state index in [1.807, 2.05) is 6.08 Å². The minimum absolute atomic E-state index is 0.0131. The monoisotopic (exact) mass is 470 g/mol. The molecule has 1 heterocycles. The lowest BCUT2D eigenvalue weighted by Crippen LogP contribution is -2.12. The topological polar surface area (TPSA) is 131 Å². The Bertz CT molecular complexity index is 1420. The summed E-state index contributed by atoms with van der Waals surface area (Å²) < 4.78 is 6.24. The van der Waals surface area contributed by atoms with E-state index in [4.69, 9.17) is 4.74 Å². The summed E-state index contributed by atoms with van der Waals surface area (Å²) in [6.07, 6.45) is 2.94. The number of ether oxygens (including phenoxy) is 1. The molecule has 0 fully saturated rings. The zero-order valence-corrected chi connectivity index (χ0v) is 18.3. The lowest BCUT2D eigenvalue weighted by molar-refractivity contribution is 0.221. The second-order valence-electron chi connectivity index (χ2n) is 8.42. The zero-order valence-electron chi connectivity index (χ0n) is 18.3. The fourth-order valence-electron chi connectivity index (χ4n) is 4.45. The van der Waals surface area contributed by atoms with E-state index < -0.39 is 12.0 Å². The van der Waals surface area contributed by atoms with Crippen LogP contribution in [0.5, 0.6) is 40.2 Å². The third-order valence-electron chi connectivity index (χ3n) is 5.99. The summed E-state index contributed by atoms with van der Waals surface area (Å²) in [7, 11) is 0. The Kier molecular flexibility index (Phi) is 5.37. The molecule has 0 aromatic heterocycles. The molecular weight excluding hydrogens is 448 g/mol. The first-order valence-electron chi connectivity index (χ1n) is 10.8. The van der Waals surface area contributed by atoms with Crippen LogP contribution in [-0.2, 0) is 0 Å². The highest BCUT2D eigenvalue weighted by Gasteiger charge is 2.39. The molecule has 2 atom stereocenters. The molecular formula is C28H22O7. The number of phenolic OH excluding ortho intramolecular Hbond substituents is 6. The summed E-state index contributed by atoms with van der Waals surface area (Å²) in [6.45, 7) is 0. The van der Waals surface area contributed by atoms with Crippen molar-refractivity contribution < 1.29 is 35.4 Å². The maximum atomic E-state index is 10.4. The summed E-state index contributed by atoms with van der Waals surface area (Å²) in [4.78, 5) is 0. The van der Waals surface area contributed by atoms with Crippen molar-refractivity contribution in [3.05, 3.63) is 101 Å². The summed E-state index contributed by atoms with van der Waals surface area (Å²) in [5.74, 6) is -0.826. The van der Waals surface area contributed by atoms with Crippen LogP contribution in [-0.4, -0.2) is 30.6 Å². The van der Waals surface area contributed by atoms with Crippen molar-refractivity contribution in [3.8, 4) is 40.2 Å². The molecule has 0 bridgehead atoms. The van der Waals surface area contributed by atoms with Crippen LogP contribution in [0, 0.1) is 0 Å². The van der Waals surface area contributed by atoms with E-state index in [-0.39, 0.29) is 34.5 Å². The molecule has 0 aliphatic carbocycles. The van der Waals surface area contributed by atoms with E-state index >= 15 is 0 Å².